The molecular formula is C20H20N4OS. The van der Waals surface area contributed by atoms with Gasteiger partial charge in [-0.15, -0.1) is 10.2 Å². The van der Waals surface area contributed by atoms with Crippen molar-refractivity contribution in [3.63, 3.8) is 0 Å². The topological polar surface area (TPSA) is 52.2 Å². The Morgan fingerprint density at radius 3 is 2.69 bits per heavy atom. The van der Waals surface area contributed by atoms with E-state index in [4.69, 9.17) is 0 Å². The summed E-state index contributed by atoms with van der Waals surface area (Å²) < 4.78 is 3.69. The number of fused-ring (bicyclic) bond motifs is 3. The van der Waals surface area contributed by atoms with Crippen molar-refractivity contribution >= 4 is 28.4 Å². The normalized spacial score (nSPS) is 11.5. The van der Waals surface area contributed by atoms with E-state index >= 15 is 0 Å². The Hall–Kier alpha value is -2.60. The standard InChI is InChI=1S/C20H20N4OS/c1-4-11-26-20-22-21-19-23(17-12-13(2)9-10-14(17)3)18(25)15-7-5-6-8-16(15)24(19)20/h5-10,12H,4,11H2,1-3H3. The van der Waals surface area contributed by atoms with Crippen LogP contribution in [0.5, 0.6) is 0 Å². The molecule has 5 nitrogen and oxygen atoms in total. The Bertz CT molecular complexity index is 1180. The van der Waals surface area contributed by atoms with Gasteiger partial charge in [0.2, 0.25) is 5.78 Å². The summed E-state index contributed by atoms with van der Waals surface area (Å²) in [5.41, 5.74) is 3.76. The fourth-order valence-electron chi connectivity index (χ4n) is 3.14. The summed E-state index contributed by atoms with van der Waals surface area (Å²) >= 11 is 1.66. The van der Waals surface area contributed by atoms with Crippen LogP contribution in [0, 0.1) is 13.8 Å². The van der Waals surface area contributed by atoms with Gasteiger partial charge in [0.1, 0.15) is 0 Å². The lowest BCUT2D eigenvalue weighted by atomic mass is 10.1. The van der Waals surface area contributed by atoms with Crippen molar-refractivity contribution in [1.29, 1.82) is 0 Å². The monoisotopic (exact) mass is 364 g/mol. The summed E-state index contributed by atoms with van der Waals surface area (Å²) in [5, 5.41) is 10.2. The molecule has 0 unspecified atom stereocenters. The van der Waals surface area contributed by atoms with Gasteiger partial charge < -0.3 is 0 Å². The minimum Gasteiger partial charge on any atom is -0.268 e. The zero-order valence-electron chi connectivity index (χ0n) is 15.1. The molecule has 0 amide bonds. The summed E-state index contributed by atoms with van der Waals surface area (Å²) in [6, 6.07) is 13.8. The maximum Gasteiger partial charge on any atom is 0.267 e. The molecule has 4 aromatic rings. The van der Waals surface area contributed by atoms with E-state index in [-0.39, 0.29) is 5.56 Å². The third-order valence-corrected chi connectivity index (χ3v) is 5.57. The second kappa shape index (κ2) is 6.61. The molecule has 0 fully saturated rings. The number of aromatic nitrogens is 4. The Balaban J connectivity index is 2.16. The van der Waals surface area contributed by atoms with E-state index in [2.05, 4.69) is 23.2 Å². The van der Waals surface area contributed by atoms with Gasteiger partial charge in [-0.3, -0.25) is 9.20 Å². The first kappa shape index (κ1) is 16.8. The molecule has 6 heteroatoms. The Kier molecular flexibility index (Phi) is 4.28. The van der Waals surface area contributed by atoms with Gasteiger partial charge in [-0.1, -0.05) is 43.0 Å². The fraction of sp³-hybridized carbons (Fsp3) is 0.250. The summed E-state index contributed by atoms with van der Waals surface area (Å²) in [6.45, 7) is 6.18. The predicted molar refractivity (Wildman–Crippen MR) is 107 cm³/mol. The van der Waals surface area contributed by atoms with Crippen molar-refractivity contribution < 1.29 is 0 Å². The smallest absolute Gasteiger partial charge is 0.267 e. The fourth-order valence-corrected chi connectivity index (χ4v) is 3.94. The molecule has 2 aromatic heterocycles. The maximum atomic E-state index is 13.3. The molecule has 0 spiro atoms. The van der Waals surface area contributed by atoms with Gasteiger partial charge >= 0.3 is 0 Å². The van der Waals surface area contributed by atoms with E-state index in [1.807, 2.05) is 54.6 Å². The third kappa shape index (κ3) is 2.61. The zero-order chi connectivity index (χ0) is 18.3. The molecule has 0 saturated heterocycles. The summed E-state index contributed by atoms with van der Waals surface area (Å²) in [5.74, 6) is 1.51. The van der Waals surface area contributed by atoms with Crippen LogP contribution in [0.4, 0.5) is 0 Å². The van der Waals surface area contributed by atoms with Gasteiger partial charge in [-0.05, 0) is 49.6 Å². The molecule has 0 aliphatic carbocycles. The van der Waals surface area contributed by atoms with Crippen LogP contribution in [0.1, 0.15) is 24.5 Å². The number of rotatable bonds is 4. The van der Waals surface area contributed by atoms with Gasteiger partial charge in [0.15, 0.2) is 5.16 Å². The van der Waals surface area contributed by atoms with E-state index in [0.29, 0.717) is 11.2 Å². The molecule has 0 N–H and O–H groups in total. The minimum absolute atomic E-state index is 0.0683. The van der Waals surface area contributed by atoms with Gasteiger partial charge in [-0.25, -0.2) is 4.57 Å². The van der Waals surface area contributed by atoms with Crippen LogP contribution in [0.25, 0.3) is 22.4 Å². The highest BCUT2D eigenvalue weighted by Gasteiger charge is 2.18. The number of hydrogen-bond acceptors (Lipinski definition) is 4. The number of hydrogen-bond donors (Lipinski definition) is 0. The van der Waals surface area contributed by atoms with Crippen LogP contribution in [0.15, 0.2) is 52.4 Å². The maximum absolute atomic E-state index is 13.3. The SMILES string of the molecule is CCCSc1nnc2n(-c3cc(C)ccc3C)c(=O)c3ccccc3n12. The van der Waals surface area contributed by atoms with E-state index in [1.165, 1.54) is 0 Å². The first-order valence-electron chi connectivity index (χ1n) is 8.71. The molecule has 0 atom stereocenters. The second-order valence-electron chi connectivity index (χ2n) is 6.41. The van der Waals surface area contributed by atoms with Crippen LogP contribution < -0.4 is 5.56 Å². The summed E-state index contributed by atoms with van der Waals surface area (Å²) in [6.07, 6.45) is 1.05. The van der Waals surface area contributed by atoms with Crippen molar-refractivity contribution in [2.45, 2.75) is 32.3 Å². The summed E-state index contributed by atoms with van der Waals surface area (Å²) in [4.78, 5) is 13.3. The molecule has 0 radical (unpaired) electrons. The molecule has 0 saturated carbocycles. The van der Waals surface area contributed by atoms with Crippen LogP contribution in [0.2, 0.25) is 0 Å². The number of nitrogens with zero attached hydrogens (tertiary/aromatic N) is 4. The highest BCUT2D eigenvalue weighted by Crippen LogP contribution is 2.24. The molecule has 4 rings (SSSR count). The lowest BCUT2D eigenvalue weighted by molar-refractivity contribution is 0.925. The highest BCUT2D eigenvalue weighted by atomic mass is 32.2. The van der Waals surface area contributed by atoms with Crippen molar-refractivity contribution in [3.05, 3.63) is 63.9 Å². The van der Waals surface area contributed by atoms with Gasteiger partial charge in [0, 0.05) is 5.75 Å². The second-order valence-corrected chi connectivity index (χ2v) is 7.48. The molecule has 2 heterocycles. The Labute approximate surface area is 155 Å². The molecule has 0 bridgehead atoms. The van der Waals surface area contributed by atoms with E-state index < -0.39 is 0 Å². The largest absolute Gasteiger partial charge is 0.268 e. The molecule has 2 aromatic carbocycles. The van der Waals surface area contributed by atoms with Crippen LogP contribution >= 0.6 is 11.8 Å². The van der Waals surface area contributed by atoms with Crippen LogP contribution in [-0.2, 0) is 0 Å². The number of thioether (sulfide) groups is 1. The zero-order valence-corrected chi connectivity index (χ0v) is 15.9. The number of benzene rings is 2. The van der Waals surface area contributed by atoms with Crippen LogP contribution in [-0.4, -0.2) is 24.9 Å². The van der Waals surface area contributed by atoms with Crippen molar-refractivity contribution in [1.82, 2.24) is 19.2 Å². The first-order valence-corrected chi connectivity index (χ1v) is 9.69. The average Bonchev–Trinajstić information content (AvgIpc) is 3.06. The Morgan fingerprint density at radius 2 is 1.88 bits per heavy atom. The summed E-state index contributed by atoms with van der Waals surface area (Å²) in [7, 11) is 0. The molecule has 132 valence electrons. The lowest BCUT2D eigenvalue weighted by Gasteiger charge is -2.13. The lowest BCUT2D eigenvalue weighted by Crippen LogP contribution is -2.22. The molecule has 26 heavy (non-hydrogen) atoms. The predicted octanol–water partition coefficient (Wildman–Crippen LogP) is 4.15. The van der Waals surface area contributed by atoms with Crippen molar-refractivity contribution in [3.8, 4) is 5.69 Å². The molecule has 0 aliphatic rings. The van der Waals surface area contributed by atoms with Gasteiger partial charge in [0.25, 0.3) is 5.56 Å². The quantitative estimate of drug-likeness (QED) is 0.511. The average molecular weight is 364 g/mol. The number of para-hydroxylation sites is 1. The first-order chi connectivity index (χ1) is 12.6. The van der Waals surface area contributed by atoms with E-state index in [9.17, 15) is 4.79 Å². The number of aryl methyl sites for hydroxylation is 2. The van der Waals surface area contributed by atoms with Crippen molar-refractivity contribution in [2.24, 2.45) is 0 Å². The third-order valence-electron chi connectivity index (χ3n) is 4.44. The van der Waals surface area contributed by atoms with E-state index in [1.54, 1.807) is 16.3 Å². The van der Waals surface area contributed by atoms with E-state index in [0.717, 1.165) is 39.7 Å². The molecular weight excluding hydrogens is 344 g/mol. The van der Waals surface area contributed by atoms with Gasteiger partial charge in [0.05, 0.1) is 16.6 Å². The van der Waals surface area contributed by atoms with Gasteiger partial charge in [-0.2, -0.15) is 0 Å². The molecule has 0 aliphatic heterocycles. The minimum atomic E-state index is -0.0683. The van der Waals surface area contributed by atoms with Crippen LogP contribution in [0.3, 0.4) is 0 Å². The highest BCUT2D eigenvalue weighted by molar-refractivity contribution is 7.99. The van der Waals surface area contributed by atoms with Crippen molar-refractivity contribution in [2.75, 3.05) is 5.75 Å². The Morgan fingerprint density at radius 1 is 1.08 bits per heavy atom.